The van der Waals surface area contributed by atoms with Crippen LogP contribution in [0.2, 0.25) is 0 Å². The molecule has 0 aromatic carbocycles. The van der Waals surface area contributed by atoms with Crippen molar-refractivity contribution in [2.24, 2.45) is 0 Å². The summed E-state index contributed by atoms with van der Waals surface area (Å²) < 4.78 is 1.80. The molecule has 1 aromatic rings. The van der Waals surface area contributed by atoms with Crippen LogP contribution in [-0.4, -0.2) is 33.3 Å². The molecule has 1 aliphatic heterocycles. The Morgan fingerprint density at radius 2 is 2.18 bits per heavy atom. The molecule has 0 atom stereocenters. The second kappa shape index (κ2) is 4.57. The Morgan fingerprint density at radius 3 is 2.88 bits per heavy atom. The fourth-order valence-electron chi connectivity index (χ4n) is 2.01. The van der Waals surface area contributed by atoms with Gasteiger partial charge in [0, 0.05) is 25.6 Å². The lowest BCUT2D eigenvalue weighted by Gasteiger charge is -2.27. The Morgan fingerprint density at radius 1 is 1.41 bits per heavy atom. The third-order valence-electron chi connectivity index (χ3n) is 2.76. The van der Waals surface area contributed by atoms with E-state index in [0.29, 0.717) is 6.54 Å². The van der Waals surface area contributed by atoms with E-state index >= 15 is 0 Å². The average Bonchev–Trinajstić information content (AvgIpc) is 2.65. The van der Waals surface area contributed by atoms with Gasteiger partial charge in [-0.3, -0.25) is 14.5 Å². The molecule has 0 saturated carbocycles. The number of aryl methyl sites for hydroxylation is 2. The minimum absolute atomic E-state index is 0.0412. The van der Waals surface area contributed by atoms with Crippen LogP contribution >= 0.6 is 0 Å². The normalized spacial score (nSPS) is 14.5. The van der Waals surface area contributed by atoms with Crippen LogP contribution in [0, 0.1) is 6.92 Å². The van der Waals surface area contributed by atoms with Crippen molar-refractivity contribution in [2.45, 2.75) is 32.7 Å². The number of aliphatic carboxylic acids is 1. The van der Waals surface area contributed by atoms with Crippen molar-refractivity contribution in [3.05, 3.63) is 11.8 Å². The van der Waals surface area contributed by atoms with Gasteiger partial charge >= 0.3 is 5.97 Å². The summed E-state index contributed by atoms with van der Waals surface area (Å²) in [6, 6.07) is 1.86. The van der Waals surface area contributed by atoms with Gasteiger partial charge in [-0.25, -0.2) is 4.68 Å². The van der Waals surface area contributed by atoms with E-state index in [0.717, 1.165) is 24.5 Å². The molecule has 6 nitrogen and oxygen atoms in total. The van der Waals surface area contributed by atoms with Gasteiger partial charge in [0.2, 0.25) is 5.91 Å². The van der Waals surface area contributed by atoms with Crippen molar-refractivity contribution in [2.75, 3.05) is 11.4 Å². The van der Waals surface area contributed by atoms with Crippen molar-refractivity contribution in [3.63, 3.8) is 0 Å². The molecule has 0 spiro atoms. The van der Waals surface area contributed by atoms with Crippen LogP contribution in [0.25, 0.3) is 0 Å². The first-order chi connectivity index (χ1) is 8.08. The number of hydrogen-bond donors (Lipinski definition) is 1. The summed E-state index contributed by atoms with van der Waals surface area (Å²) in [4.78, 5) is 24.0. The molecule has 2 rings (SSSR count). The maximum atomic E-state index is 11.9. The van der Waals surface area contributed by atoms with E-state index < -0.39 is 5.97 Å². The molecule has 92 valence electrons. The molecule has 1 amide bonds. The standard InChI is InChI=1S/C11H15N3O3/c1-8-7-9-13(5-2-6-14(9)12-8)10(15)3-4-11(16)17/h7H,2-6H2,1H3,(H,16,17). The lowest BCUT2D eigenvalue weighted by atomic mass is 10.2. The molecule has 6 heteroatoms. The maximum Gasteiger partial charge on any atom is 0.303 e. The van der Waals surface area contributed by atoms with Gasteiger partial charge in [-0.1, -0.05) is 0 Å². The van der Waals surface area contributed by atoms with Gasteiger partial charge in [-0.15, -0.1) is 0 Å². The third kappa shape index (κ3) is 2.46. The first-order valence-electron chi connectivity index (χ1n) is 5.64. The van der Waals surface area contributed by atoms with Crippen molar-refractivity contribution >= 4 is 17.7 Å². The van der Waals surface area contributed by atoms with Crippen LogP contribution in [0.1, 0.15) is 25.0 Å². The van der Waals surface area contributed by atoms with E-state index in [-0.39, 0.29) is 18.7 Å². The van der Waals surface area contributed by atoms with Crippen molar-refractivity contribution in [1.82, 2.24) is 9.78 Å². The van der Waals surface area contributed by atoms with Crippen LogP contribution in [-0.2, 0) is 16.1 Å². The first kappa shape index (κ1) is 11.6. The minimum atomic E-state index is -0.944. The Hall–Kier alpha value is -1.85. The van der Waals surface area contributed by atoms with Gasteiger partial charge < -0.3 is 5.11 Å². The van der Waals surface area contributed by atoms with E-state index in [4.69, 9.17) is 5.11 Å². The summed E-state index contributed by atoms with van der Waals surface area (Å²) in [5, 5.41) is 12.9. The Balaban J connectivity index is 2.12. The number of fused-ring (bicyclic) bond motifs is 1. The summed E-state index contributed by atoms with van der Waals surface area (Å²) in [5.74, 6) is -0.308. The zero-order valence-electron chi connectivity index (χ0n) is 9.72. The number of anilines is 1. The Kier molecular flexibility index (Phi) is 3.12. The molecule has 0 aliphatic carbocycles. The fraction of sp³-hybridized carbons (Fsp3) is 0.545. The average molecular weight is 237 g/mol. The Bertz CT molecular complexity index is 453. The van der Waals surface area contributed by atoms with Gasteiger partial charge in [-0.2, -0.15) is 5.10 Å². The van der Waals surface area contributed by atoms with Gasteiger partial charge in [0.15, 0.2) is 0 Å². The summed E-state index contributed by atoms with van der Waals surface area (Å²) in [7, 11) is 0. The number of aromatic nitrogens is 2. The van der Waals surface area contributed by atoms with Crippen molar-refractivity contribution < 1.29 is 14.7 Å². The molecule has 0 radical (unpaired) electrons. The lowest BCUT2D eigenvalue weighted by molar-refractivity contribution is -0.138. The summed E-state index contributed by atoms with van der Waals surface area (Å²) in [6.07, 6.45) is 0.773. The van der Waals surface area contributed by atoms with E-state index in [1.165, 1.54) is 0 Å². The molecule has 0 saturated heterocycles. The maximum absolute atomic E-state index is 11.9. The smallest absolute Gasteiger partial charge is 0.303 e. The van der Waals surface area contributed by atoms with Crippen molar-refractivity contribution in [1.29, 1.82) is 0 Å². The highest BCUT2D eigenvalue weighted by molar-refractivity contribution is 5.94. The number of carboxylic acids is 1. The Labute approximate surface area is 98.8 Å². The number of hydrogen-bond acceptors (Lipinski definition) is 3. The SMILES string of the molecule is Cc1cc2n(n1)CCCN2C(=O)CCC(=O)O. The van der Waals surface area contributed by atoms with Crippen LogP contribution < -0.4 is 4.90 Å². The second-order valence-corrected chi connectivity index (χ2v) is 4.16. The minimum Gasteiger partial charge on any atom is -0.481 e. The number of nitrogens with zero attached hydrogens (tertiary/aromatic N) is 3. The number of carbonyl (C=O) groups excluding carboxylic acids is 1. The third-order valence-corrected chi connectivity index (χ3v) is 2.76. The quantitative estimate of drug-likeness (QED) is 0.843. The van der Waals surface area contributed by atoms with Crippen LogP contribution in [0.4, 0.5) is 5.82 Å². The van der Waals surface area contributed by atoms with Gasteiger partial charge in [-0.05, 0) is 13.3 Å². The summed E-state index contributed by atoms with van der Waals surface area (Å²) >= 11 is 0. The largest absolute Gasteiger partial charge is 0.481 e. The zero-order valence-corrected chi connectivity index (χ0v) is 9.72. The first-order valence-corrected chi connectivity index (χ1v) is 5.64. The predicted molar refractivity (Wildman–Crippen MR) is 60.8 cm³/mol. The van der Waals surface area contributed by atoms with Crippen LogP contribution in [0.3, 0.4) is 0 Å². The highest BCUT2D eigenvalue weighted by Gasteiger charge is 2.23. The van der Waals surface area contributed by atoms with E-state index in [9.17, 15) is 9.59 Å². The van der Waals surface area contributed by atoms with Crippen LogP contribution in [0.15, 0.2) is 6.07 Å². The molecule has 0 fully saturated rings. The second-order valence-electron chi connectivity index (χ2n) is 4.16. The molecular weight excluding hydrogens is 222 g/mol. The highest BCUT2D eigenvalue weighted by Crippen LogP contribution is 2.22. The predicted octanol–water partition coefficient (Wildman–Crippen LogP) is 0.793. The number of rotatable bonds is 3. The van der Waals surface area contributed by atoms with Gasteiger partial charge in [0.1, 0.15) is 5.82 Å². The number of carbonyl (C=O) groups is 2. The number of carboxylic acid groups (broad SMARTS) is 1. The molecule has 17 heavy (non-hydrogen) atoms. The van der Waals surface area contributed by atoms with Gasteiger partial charge in [0.25, 0.3) is 0 Å². The highest BCUT2D eigenvalue weighted by atomic mass is 16.4. The topological polar surface area (TPSA) is 75.4 Å². The van der Waals surface area contributed by atoms with Crippen LogP contribution in [0.5, 0.6) is 0 Å². The van der Waals surface area contributed by atoms with Crippen molar-refractivity contribution in [3.8, 4) is 0 Å². The van der Waals surface area contributed by atoms with E-state index in [1.807, 2.05) is 13.0 Å². The van der Waals surface area contributed by atoms with E-state index in [1.54, 1.807) is 9.58 Å². The summed E-state index contributed by atoms with van der Waals surface area (Å²) in [5.41, 5.74) is 0.873. The zero-order chi connectivity index (χ0) is 12.4. The summed E-state index contributed by atoms with van der Waals surface area (Å²) in [6.45, 7) is 3.33. The molecule has 0 unspecified atom stereocenters. The molecule has 1 aliphatic rings. The lowest BCUT2D eigenvalue weighted by Crippen LogP contribution is -2.37. The molecular formula is C11H15N3O3. The number of amides is 1. The molecule has 1 N–H and O–H groups in total. The van der Waals surface area contributed by atoms with Gasteiger partial charge in [0.05, 0.1) is 12.1 Å². The molecule has 1 aromatic heterocycles. The molecule has 2 heterocycles. The fourth-order valence-corrected chi connectivity index (χ4v) is 2.01. The van der Waals surface area contributed by atoms with E-state index in [2.05, 4.69) is 5.10 Å². The molecule has 0 bridgehead atoms. The monoisotopic (exact) mass is 237 g/mol.